The molecular formula is C83H112O14. The molecule has 20 aliphatic rings. The first-order valence-corrected chi connectivity index (χ1v) is 38.4. The van der Waals surface area contributed by atoms with Crippen LogP contribution in [0.1, 0.15) is 158 Å². The van der Waals surface area contributed by atoms with Crippen LogP contribution in [0.5, 0.6) is 0 Å². The fourth-order valence-electron chi connectivity index (χ4n) is 25.4. The van der Waals surface area contributed by atoms with Crippen LogP contribution in [0.25, 0.3) is 0 Å². The van der Waals surface area contributed by atoms with Crippen LogP contribution >= 0.6 is 0 Å². The number of methoxy groups -OCH3 is 2. The first kappa shape index (κ1) is 68.6. The lowest BCUT2D eigenvalue weighted by Crippen LogP contribution is -2.37. The molecule has 13 fully saturated rings. The van der Waals surface area contributed by atoms with E-state index < -0.39 is 11.9 Å². The normalized spacial score (nSPS) is 46.5. The maximum Gasteiger partial charge on any atom is 0.310 e. The predicted molar refractivity (Wildman–Crippen MR) is 365 cm³/mol. The van der Waals surface area contributed by atoms with Gasteiger partial charge in [0.2, 0.25) is 0 Å². The number of aliphatic carboxylic acids is 2. The maximum atomic E-state index is 12.4. The first-order valence-electron chi connectivity index (χ1n) is 38.4. The van der Waals surface area contributed by atoms with Crippen LogP contribution in [0.4, 0.5) is 0 Å². The van der Waals surface area contributed by atoms with Crippen LogP contribution in [0.2, 0.25) is 0 Å². The van der Waals surface area contributed by atoms with Crippen LogP contribution in [-0.2, 0) is 57.2 Å². The van der Waals surface area contributed by atoms with E-state index in [9.17, 15) is 38.7 Å². The van der Waals surface area contributed by atoms with E-state index in [4.69, 9.17) is 28.8 Å². The molecule has 20 rings (SSSR count). The van der Waals surface area contributed by atoms with Crippen molar-refractivity contribution in [3.8, 4) is 0 Å². The molecule has 33 atom stereocenters. The zero-order chi connectivity index (χ0) is 68.3. The van der Waals surface area contributed by atoms with Gasteiger partial charge in [0.1, 0.15) is 11.2 Å². The summed E-state index contributed by atoms with van der Waals surface area (Å²) in [6.45, 7) is 14.1. The van der Waals surface area contributed by atoms with E-state index in [1.54, 1.807) is 0 Å². The van der Waals surface area contributed by atoms with E-state index >= 15 is 0 Å². The van der Waals surface area contributed by atoms with Crippen LogP contribution in [0.3, 0.4) is 0 Å². The Bertz CT molecular complexity index is 3240. The quantitative estimate of drug-likeness (QED) is 0.100. The molecular weight excluding hydrogens is 1220 g/mol. The summed E-state index contributed by atoms with van der Waals surface area (Å²) in [6.07, 6.45) is 51.5. The molecule has 0 aromatic heterocycles. The molecule has 0 spiro atoms. The summed E-state index contributed by atoms with van der Waals surface area (Å²) in [6, 6.07) is 0. The number of hydrogen-bond donors (Lipinski definition) is 2. The van der Waals surface area contributed by atoms with Gasteiger partial charge in [-0.1, -0.05) is 85.1 Å². The number of carboxylic acid groups (broad SMARTS) is 2. The maximum absolute atomic E-state index is 12.4. The molecule has 0 aliphatic heterocycles. The Hall–Kier alpha value is -5.53. The van der Waals surface area contributed by atoms with Gasteiger partial charge in [0, 0.05) is 0 Å². The van der Waals surface area contributed by atoms with Gasteiger partial charge in [-0.25, -0.2) is 0 Å². The summed E-state index contributed by atoms with van der Waals surface area (Å²) in [5.74, 6) is 18.0. The fraction of sp³-hybridized carbons (Fsp3) is 0.747. The number of fused-ring (bicyclic) bond motifs is 35. The van der Waals surface area contributed by atoms with Crippen molar-refractivity contribution in [3.05, 3.63) is 85.1 Å². The monoisotopic (exact) mass is 1330 g/mol. The smallest absolute Gasteiger partial charge is 0.310 e. The van der Waals surface area contributed by atoms with E-state index in [-0.39, 0.29) is 82.5 Å². The number of allylic oxidation sites excluding steroid dienone is 14. The van der Waals surface area contributed by atoms with E-state index in [0.717, 1.165) is 147 Å². The van der Waals surface area contributed by atoms with Crippen molar-refractivity contribution in [1.29, 1.82) is 0 Å². The third kappa shape index (κ3) is 13.3. The summed E-state index contributed by atoms with van der Waals surface area (Å²) < 4.78 is 25.7. The standard InChI is InChI=1S/C17H24O2.C14H18O2.C13H16O2.C12H18O2.C10H14O2.C9H12O2.C8H10O2/c1-17(2,3)19-16(18)13-8-11-7-12(13)15-10-5-4-9(6-10)14(11)15;1-16-14(15)11-6-9-5-10(11)13-8-3-2-7(4-8)12(9)13;14-13(15)10-5-8-4-9(10)12-7-2-1-6(3-7)11(8)12;1-12(2,3)14-11(13)10-7-8-4-5-9(10)6-8;1-2-12-10(11)9-6-7-3-4-8(9)5-7;1-11-9(10)8-5-6-2-3-7(8)4-6;9-8(10)7-4-5-1-2-6(7)3-5/h4-5,9-15H,6-8H2,1-3H3;2-3,7-13H,4-6H2,1H3;1-2,6-12H,3-5H2,(H,14,15);4-5,8-10H,6-7H2,1-3H3;3-4,7-9H,2,5-6H2,1H3;2-3,6-8H,4-5H2,1H3;1-2,5-7H,3-4H2,(H,9,10). The zero-order valence-corrected chi connectivity index (χ0v) is 59.2. The summed E-state index contributed by atoms with van der Waals surface area (Å²) in [5.41, 5.74) is -0.685. The van der Waals surface area contributed by atoms with Gasteiger partial charge in [0.05, 0.1) is 62.3 Å². The number of carbonyl (C=O) groups excluding carboxylic acids is 5. The molecule has 2 N–H and O–H groups in total. The molecule has 13 saturated carbocycles. The van der Waals surface area contributed by atoms with Gasteiger partial charge in [0.15, 0.2) is 0 Å². The van der Waals surface area contributed by atoms with Crippen molar-refractivity contribution in [2.24, 2.45) is 195 Å². The SMILES string of the molecule is CC(C)(C)OC(=O)C1CC2C=CC1C2.CC(C)(C)OC(=O)C1CC2CC1C1C3C=CC(C3)C21.CCOC(=O)C1CC2C=CC1C2.COC(=O)C1CC2C=CC1C2.COC(=O)C1CC2CC1C1C3C=CC(C3)C21.O=C(O)C1CC2C=CC1C2.O=C(O)C1CC2CC1C1C3C=CC(C3)C21. The fourth-order valence-corrected chi connectivity index (χ4v) is 25.4. The van der Waals surface area contributed by atoms with Gasteiger partial charge in [-0.2, -0.15) is 0 Å². The number of carbonyl (C=O) groups is 7. The van der Waals surface area contributed by atoms with Crippen LogP contribution in [-0.4, -0.2) is 84.0 Å². The van der Waals surface area contributed by atoms with Gasteiger partial charge in [-0.05, 0) is 311 Å². The second kappa shape index (κ2) is 27.1. The van der Waals surface area contributed by atoms with Gasteiger partial charge < -0.3 is 33.9 Å². The molecule has 14 nitrogen and oxygen atoms in total. The highest BCUT2D eigenvalue weighted by molar-refractivity contribution is 5.76. The number of hydrogen-bond acceptors (Lipinski definition) is 12. The molecule has 33 unspecified atom stereocenters. The summed E-state index contributed by atoms with van der Waals surface area (Å²) in [4.78, 5) is 80.2. The van der Waals surface area contributed by atoms with Gasteiger partial charge >= 0.3 is 41.8 Å². The van der Waals surface area contributed by atoms with Crippen molar-refractivity contribution < 1.29 is 67.5 Å². The molecule has 0 heterocycles. The molecule has 0 aromatic carbocycles. The molecule has 0 amide bonds. The average molecular weight is 1330 g/mol. The topological polar surface area (TPSA) is 206 Å². The first-order chi connectivity index (χ1) is 46.3. The molecule has 0 radical (unpaired) electrons. The van der Waals surface area contributed by atoms with Crippen LogP contribution in [0, 0.1) is 195 Å². The number of rotatable bonds is 8. The van der Waals surface area contributed by atoms with Crippen molar-refractivity contribution in [2.75, 3.05) is 20.8 Å². The van der Waals surface area contributed by atoms with Crippen LogP contribution in [0.15, 0.2) is 85.1 Å². The lowest BCUT2D eigenvalue weighted by atomic mass is 9.69. The summed E-state index contributed by atoms with van der Waals surface area (Å²) in [5, 5.41) is 17.9. The largest absolute Gasteiger partial charge is 0.481 e. The highest BCUT2D eigenvalue weighted by atomic mass is 16.6. The van der Waals surface area contributed by atoms with Crippen molar-refractivity contribution in [3.63, 3.8) is 0 Å². The third-order valence-electron chi connectivity index (χ3n) is 28.6. The second-order valence-electron chi connectivity index (χ2n) is 35.9. The van der Waals surface area contributed by atoms with Crippen LogP contribution < -0.4 is 0 Å². The van der Waals surface area contributed by atoms with Crippen molar-refractivity contribution in [1.82, 2.24) is 0 Å². The molecule has 14 heteroatoms. The van der Waals surface area contributed by atoms with E-state index in [2.05, 4.69) is 85.1 Å². The van der Waals surface area contributed by atoms with Crippen molar-refractivity contribution in [2.45, 2.75) is 169 Å². The highest BCUT2D eigenvalue weighted by Gasteiger charge is 2.65. The predicted octanol–water partition coefficient (Wildman–Crippen LogP) is 14.8. The minimum Gasteiger partial charge on any atom is -0.481 e. The average Bonchev–Trinajstić information content (AvgIpc) is 1.57. The number of carboxylic acids is 2. The Kier molecular flexibility index (Phi) is 19.2. The third-order valence-corrected chi connectivity index (χ3v) is 28.6. The molecule has 97 heavy (non-hydrogen) atoms. The Morgan fingerprint density at radius 1 is 0.309 bits per heavy atom. The highest BCUT2D eigenvalue weighted by Crippen LogP contribution is 2.70. The van der Waals surface area contributed by atoms with Gasteiger partial charge in [-0.3, -0.25) is 33.6 Å². The minimum atomic E-state index is -0.614. The Balaban J connectivity index is 0.0000000980. The lowest BCUT2D eigenvalue weighted by molar-refractivity contribution is -0.163. The molecule has 0 saturated heterocycles. The van der Waals surface area contributed by atoms with E-state index in [1.165, 1.54) is 65.6 Å². The molecule has 0 aromatic rings. The Morgan fingerprint density at radius 2 is 0.588 bits per heavy atom. The zero-order valence-electron chi connectivity index (χ0n) is 59.2. The number of esters is 5. The molecule has 20 bridgehead atoms. The van der Waals surface area contributed by atoms with E-state index in [1.807, 2.05) is 48.5 Å². The Labute approximate surface area is 576 Å². The summed E-state index contributed by atoms with van der Waals surface area (Å²) >= 11 is 0. The minimum absolute atomic E-state index is 0.00523. The lowest BCUT2D eigenvalue weighted by Gasteiger charge is -2.36. The van der Waals surface area contributed by atoms with E-state index in [0.29, 0.717) is 71.7 Å². The summed E-state index contributed by atoms with van der Waals surface area (Å²) in [7, 11) is 3.00. The van der Waals surface area contributed by atoms with Gasteiger partial charge in [0.25, 0.3) is 0 Å². The second-order valence-corrected chi connectivity index (χ2v) is 35.9. The number of ether oxygens (including phenoxy) is 5. The van der Waals surface area contributed by atoms with Crippen molar-refractivity contribution >= 4 is 41.8 Å². The Morgan fingerprint density at radius 3 is 0.887 bits per heavy atom. The molecule has 528 valence electrons. The molecule has 20 aliphatic carbocycles. The van der Waals surface area contributed by atoms with Gasteiger partial charge in [-0.15, -0.1) is 0 Å².